The number of aromatic carboxylic acids is 1. The van der Waals surface area contributed by atoms with Gasteiger partial charge in [-0.15, -0.1) is 0 Å². The molecule has 12 heteroatoms. The number of hydrogen-bond acceptors (Lipinski definition) is 7. The summed E-state index contributed by atoms with van der Waals surface area (Å²) >= 11 is 0. The van der Waals surface area contributed by atoms with Crippen LogP contribution < -0.4 is 10.1 Å². The average molecular weight is 386 g/mol. The number of para-hydroxylation sites is 2. The van der Waals surface area contributed by atoms with E-state index in [1.807, 2.05) is 0 Å². The summed E-state index contributed by atoms with van der Waals surface area (Å²) in [6.45, 7) is -0.161. The third-order valence-electron chi connectivity index (χ3n) is 3.68. The van der Waals surface area contributed by atoms with Crippen LogP contribution in [0.15, 0.2) is 42.7 Å². The van der Waals surface area contributed by atoms with Gasteiger partial charge >= 0.3 is 11.7 Å². The van der Waals surface area contributed by atoms with E-state index in [1.54, 1.807) is 6.07 Å². The number of carboxylic acid groups (broad SMARTS) is 1. The molecular weight excluding hydrogens is 372 g/mol. The Hall–Kier alpha value is -4.22. The Labute approximate surface area is 157 Å². The second kappa shape index (κ2) is 7.57. The molecule has 0 atom stereocenters. The summed E-state index contributed by atoms with van der Waals surface area (Å²) in [5.41, 5.74) is -0.324. The average Bonchev–Trinajstić information content (AvgIpc) is 3.27. The normalized spacial score (nSPS) is 10.5. The Morgan fingerprint density at radius 1 is 1.32 bits per heavy atom. The molecule has 0 saturated heterocycles. The standard InChI is InChI=1S/C16H14N6O6/c1-20-14(16(24)25)11(8-17-20)18-15(23)10-6-7-21(19-10)9-28-13-5-3-2-4-12(13)22(26)27/h2-8H,9H2,1H3,(H,18,23)(H,24,25). The van der Waals surface area contributed by atoms with E-state index in [1.165, 1.54) is 48.4 Å². The quantitative estimate of drug-likeness (QED) is 0.457. The van der Waals surface area contributed by atoms with Gasteiger partial charge in [0.15, 0.2) is 23.9 Å². The molecular formula is C16H14N6O6. The fraction of sp³-hybridized carbons (Fsp3) is 0.125. The van der Waals surface area contributed by atoms with Crippen molar-refractivity contribution < 1.29 is 24.4 Å². The highest BCUT2D eigenvalue weighted by Gasteiger charge is 2.19. The van der Waals surface area contributed by atoms with Crippen LogP contribution in [0, 0.1) is 10.1 Å². The van der Waals surface area contributed by atoms with Crippen LogP contribution in [-0.2, 0) is 13.8 Å². The molecule has 0 fully saturated rings. The number of carbonyl (C=O) groups excluding carboxylic acids is 1. The van der Waals surface area contributed by atoms with E-state index in [9.17, 15) is 19.7 Å². The largest absolute Gasteiger partial charge is 0.476 e. The molecule has 0 saturated carbocycles. The first kappa shape index (κ1) is 18.6. The maximum atomic E-state index is 12.3. The molecule has 3 aromatic rings. The Kier molecular flexibility index (Phi) is 5.02. The highest BCUT2D eigenvalue weighted by atomic mass is 16.6. The van der Waals surface area contributed by atoms with Gasteiger partial charge in [-0.1, -0.05) is 12.1 Å². The van der Waals surface area contributed by atoms with Crippen LogP contribution in [0.4, 0.5) is 11.4 Å². The van der Waals surface area contributed by atoms with E-state index in [0.29, 0.717) is 0 Å². The maximum Gasteiger partial charge on any atom is 0.356 e. The van der Waals surface area contributed by atoms with Crippen molar-refractivity contribution in [1.82, 2.24) is 19.6 Å². The van der Waals surface area contributed by atoms with Crippen LogP contribution in [0.5, 0.6) is 5.75 Å². The van der Waals surface area contributed by atoms with Crippen molar-refractivity contribution in [3.63, 3.8) is 0 Å². The Morgan fingerprint density at radius 3 is 2.79 bits per heavy atom. The van der Waals surface area contributed by atoms with Crippen LogP contribution >= 0.6 is 0 Å². The number of nitrogens with zero attached hydrogens (tertiary/aromatic N) is 5. The fourth-order valence-corrected chi connectivity index (χ4v) is 2.39. The lowest BCUT2D eigenvalue weighted by Gasteiger charge is -2.06. The van der Waals surface area contributed by atoms with Crippen molar-refractivity contribution >= 4 is 23.3 Å². The number of nitro benzene ring substituents is 1. The molecule has 1 aromatic carbocycles. The molecule has 0 aliphatic heterocycles. The minimum absolute atomic E-state index is 0.00588. The van der Waals surface area contributed by atoms with Crippen molar-refractivity contribution in [2.75, 3.05) is 5.32 Å². The number of nitro groups is 1. The lowest BCUT2D eigenvalue weighted by molar-refractivity contribution is -0.386. The predicted molar refractivity (Wildman–Crippen MR) is 94.1 cm³/mol. The van der Waals surface area contributed by atoms with E-state index in [-0.39, 0.29) is 35.2 Å². The van der Waals surface area contributed by atoms with Gasteiger partial charge in [0.1, 0.15) is 0 Å². The molecule has 0 aliphatic rings. The number of carbonyl (C=O) groups is 2. The van der Waals surface area contributed by atoms with Gasteiger partial charge in [0.05, 0.1) is 16.8 Å². The first-order chi connectivity index (χ1) is 13.4. The van der Waals surface area contributed by atoms with Gasteiger partial charge in [0, 0.05) is 19.3 Å². The molecule has 2 heterocycles. The summed E-state index contributed by atoms with van der Waals surface area (Å²) in [6.07, 6.45) is 2.67. The molecule has 2 aromatic heterocycles. The molecule has 1 amide bonds. The number of carboxylic acids is 1. The van der Waals surface area contributed by atoms with Gasteiger partial charge in [-0.3, -0.25) is 19.6 Å². The maximum absolute atomic E-state index is 12.3. The van der Waals surface area contributed by atoms with Crippen LogP contribution in [0.2, 0.25) is 0 Å². The smallest absolute Gasteiger partial charge is 0.356 e. The number of aromatic nitrogens is 4. The number of benzene rings is 1. The second-order valence-corrected chi connectivity index (χ2v) is 5.53. The zero-order chi connectivity index (χ0) is 20.3. The molecule has 28 heavy (non-hydrogen) atoms. The SMILES string of the molecule is Cn1ncc(NC(=O)c2ccn(COc3ccccc3[N+](=O)[O-])n2)c1C(=O)O. The molecule has 3 rings (SSSR count). The highest BCUT2D eigenvalue weighted by Crippen LogP contribution is 2.26. The fourth-order valence-electron chi connectivity index (χ4n) is 2.39. The monoisotopic (exact) mass is 386 g/mol. The number of rotatable bonds is 7. The Morgan fingerprint density at radius 2 is 2.07 bits per heavy atom. The second-order valence-electron chi connectivity index (χ2n) is 5.53. The third kappa shape index (κ3) is 3.80. The number of anilines is 1. The lowest BCUT2D eigenvalue weighted by Crippen LogP contribution is -2.17. The number of ether oxygens (including phenoxy) is 1. The minimum atomic E-state index is -1.24. The topological polar surface area (TPSA) is 154 Å². The van der Waals surface area contributed by atoms with Crippen molar-refractivity contribution in [2.45, 2.75) is 6.73 Å². The van der Waals surface area contributed by atoms with Gasteiger partial charge in [-0.05, 0) is 12.1 Å². The van der Waals surface area contributed by atoms with Crippen LogP contribution in [0.25, 0.3) is 0 Å². The van der Waals surface area contributed by atoms with E-state index in [2.05, 4.69) is 15.5 Å². The van der Waals surface area contributed by atoms with Crippen molar-refractivity contribution in [2.24, 2.45) is 7.05 Å². The van der Waals surface area contributed by atoms with Crippen molar-refractivity contribution in [3.8, 4) is 5.75 Å². The summed E-state index contributed by atoms with van der Waals surface area (Å²) < 4.78 is 7.78. The summed E-state index contributed by atoms with van der Waals surface area (Å²) in [4.78, 5) is 33.9. The molecule has 2 N–H and O–H groups in total. The zero-order valence-electron chi connectivity index (χ0n) is 14.5. The minimum Gasteiger partial charge on any atom is -0.476 e. The number of amides is 1. The van der Waals surface area contributed by atoms with Crippen LogP contribution in [-0.4, -0.2) is 41.5 Å². The highest BCUT2D eigenvalue weighted by molar-refractivity contribution is 6.06. The molecule has 0 radical (unpaired) electrons. The number of hydrogen-bond donors (Lipinski definition) is 2. The van der Waals surface area contributed by atoms with Gasteiger partial charge < -0.3 is 15.2 Å². The molecule has 12 nitrogen and oxygen atoms in total. The zero-order valence-corrected chi connectivity index (χ0v) is 14.5. The van der Waals surface area contributed by atoms with E-state index < -0.39 is 16.8 Å². The molecule has 0 bridgehead atoms. The summed E-state index contributed by atoms with van der Waals surface area (Å²) in [5.74, 6) is -1.81. The first-order valence-electron chi connectivity index (χ1n) is 7.83. The molecule has 0 unspecified atom stereocenters. The first-order valence-corrected chi connectivity index (χ1v) is 7.83. The Balaban J connectivity index is 1.68. The van der Waals surface area contributed by atoms with Crippen molar-refractivity contribution in [3.05, 3.63) is 64.2 Å². The Bertz CT molecular complexity index is 1060. The summed E-state index contributed by atoms with van der Waals surface area (Å²) in [7, 11) is 1.44. The van der Waals surface area contributed by atoms with Gasteiger partial charge in [0.25, 0.3) is 5.91 Å². The van der Waals surface area contributed by atoms with Crippen molar-refractivity contribution in [1.29, 1.82) is 0 Å². The van der Waals surface area contributed by atoms with Crippen LogP contribution in [0.1, 0.15) is 21.0 Å². The van der Waals surface area contributed by atoms with Crippen LogP contribution in [0.3, 0.4) is 0 Å². The van der Waals surface area contributed by atoms with E-state index in [4.69, 9.17) is 9.84 Å². The molecule has 0 spiro atoms. The van der Waals surface area contributed by atoms with Gasteiger partial charge in [0.2, 0.25) is 0 Å². The number of aryl methyl sites for hydroxylation is 1. The third-order valence-corrected chi connectivity index (χ3v) is 3.68. The summed E-state index contributed by atoms with van der Waals surface area (Å²) in [5, 5.41) is 30.4. The molecule has 144 valence electrons. The van der Waals surface area contributed by atoms with Gasteiger partial charge in [-0.25, -0.2) is 9.48 Å². The van der Waals surface area contributed by atoms with Gasteiger partial charge in [-0.2, -0.15) is 10.2 Å². The summed E-state index contributed by atoms with van der Waals surface area (Å²) in [6, 6.07) is 7.27. The predicted octanol–water partition coefficient (Wildman–Crippen LogP) is 1.51. The number of nitrogens with one attached hydrogen (secondary N) is 1. The van der Waals surface area contributed by atoms with E-state index >= 15 is 0 Å². The van der Waals surface area contributed by atoms with E-state index in [0.717, 1.165) is 4.68 Å². The molecule has 0 aliphatic carbocycles. The lowest BCUT2D eigenvalue weighted by atomic mass is 10.3.